The van der Waals surface area contributed by atoms with E-state index in [4.69, 9.17) is 4.52 Å². The molecule has 0 spiro atoms. The number of aryl methyl sites for hydroxylation is 1. The molecule has 0 fully saturated rings. The van der Waals surface area contributed by atoms with Crippen LogP contribution in [0.25, 0.3) is 0 Å². The minimum atomic E-state index is 0.357. The molecular weight excluding hydrogens is 282 g/mol. The Hall–Kier alpha value is -2.38. The fourth-order valence-electron chi connectivity index (χ4n) is 1.92. The third-order valence-electron chi connectivity index (χ3n) is 3.27. The predicted octanol–water partition coefficient (Wildman–Crippen LogP) is 1.27. The van der Waals surface area contributed by atoms with Gasteiger partial charge in [-0.3, -0.25) is 4.99 Å². The maximum Gasteiger partial charge on any atom is 0.191 e. The maximum atomic E-state index is 5.29. The standard InChI is InChI=1S/C14H23N7O/c1-5-21-9-18-19-13(21)8-17-14(15-4)16-7-11-6-12(10(2)3)20-22-11/h6,9-10H,5,7-8H2,1-4H3,(H2,15,16,17). The highest BCUT2D eigenvalue weighted by molar-refractivity contribution is 5.79. The molecule has 2 heterocycles. The van der Waals surface area contributed by atoms with E-state index in [1.165, 1.54) is 0 Å². The van der Waals surface area contributed by atoms with Gasteiger partial charge in [0.25, 0.3) is 0 Å². The monoisotopic (exact) mass is 305 g/mol. The lowest BCUT2D eigenvalue weighted by molar-refractivity contribution is 0.372. The Morgan fingerprint density at radius 3 is 2.77 bits per heavy atom. The van der Waals surface area contributed by atoms with Crippen LogP contribution < -0.4 is 10.6 Å². The highest BCUT2D eigenvalue weighted by Crippen LogP contribution is 2.13. The largest absolute Gasteiger partial charge is 0.359 e. The normalized spacial score (nSPS) is 12.0. The van der Waals surface area contributed by atoms with E-state index in [2.05, 4.69) is 51.8 Å². The van der Waals surface area contributed by atoms with Gasteiger partial charge in [0.05, 0.1) is 18.8 Å². The molecule has 2 rings (SSSR count). The average molecular weight is 305 g/mol. The molecule has 0 aliphatic carbocycles. The second kappa shape index (κ2) is 7.58. The smallest absolute Gasteiger partial charge is 0.191 e. The third kappa shape index (κ3) is 4.06. The van der Waals surface area contributed by atoms with Crippen molar-refractivity contribution < 1.29 is 4.52 Å². The lowest BCUT2D eigenvalue weighted by Gasteiger charge is -2.10. The van der Waals surface area contributed by atoms with Crippen LogP contribution in [0, 0.1) is 0 Å². The molecule has 0 bridgehead atoms. The molecule has 2 aromatic heterocycles. The van der Waals surface area contributed by atoms with Crippen LogP contribution in [0.2, 0.25) is 0 Å². The number of hydrogen-bond acceptors (Lipinski definition) is 5. The van der Waals surface area contributed by atoms with Crippen LogP contribution in [-0.2, 0) is 19.6 Å². The van der Waals surface area contributed by atoms with Gasteiger partial charge < -0.3 is 19.7 Å². The molecule has 8 heteroatoms. The van der Waals surface area contributed by atoms with Crippen molar-refractivity contribution in [1.29, 1.82) is 0 Å². The molecule has 22 heavy (non-hydrogen) atoms. The van der Waals surface area contributed by atoms with Crippen LogP contribution >= 0.6 is 0 Å². The summed E-state index contributed by atoms with van der Waals surface area (Å²) < 4.78 is 7.26. The fourth-order valence-corrected chi connectivity index (χ4v) is 1.92. The third-order valence-corrected chi connectivity index (χ3v) is 3.27. The number of nitrogens with zero attached hydrogens (tertiary/aromatic N) is 5. The second-order valence-electron chi connectivity index (χ2n) is 5.19. The number of nitrogens with one attached hydrogen (secondary N) is 2. The molecule has 0 aliphatic heterocycles. The Labute approximate surface area is 130 Å². The summed E-state index contributed by atoms with van der Waals surface area (Å²) in [4.78, 5) is 4.17. The lowest BCUT2D eigenvalue weighted by Crippen LogP contribution is -2.36. The van der Waals surface area contributed by atoms with E-state index in [-0.39, 0.29) is 0 Å². The molecule has 8 nitrogen and oxygen atoms in total. The molecule has 0 aromatic carbocycles. The van der Waals surface area contributed by atoms with Crippen LogP contribution in [0.3, 0.4) is 0 Å². The van der Waals surface area contributed by atoms with Crippen molar-refractivity contribution in [2.24, 2.45) is 4.99 Å². The molecule has 2 N–H and O–H groups in total. The SMILES string of the molecule is CCn1cnnc1CNC(=NC)NCc1cc(C(C)C)no1. The van der Waals surface area contributed by atoms with Crippen LogP contribution in [0.15, 0.2) is 21.9 Å². The molecule has 0 amide bonds. The molecule has 0 unspecified atom stereocenters. The number of guanidine groups is 1. The Bertz CT molecular complexity index is 614. The summed E-state index contributed by atoms with van der Waals surface area (Å²) >= 11 is 0. The Morgan fingerprint density at radius 2 is 2.14 bits per heavy atom. The minimum Gasteiger partial charge on any atom is -0.359 e. The Morgan fingerprint density at radius 1 is 1.36 bits per heavy atom. The second-order valence-corrected chi connectivity index (χ2v) is 5.19. The Kier molecular flexibility index (Phi) is 5.51. The first-order valence-corrected chi connectivity index (χ1v) is 7.40. The van der Waals surface area contributed by atoms with Gasteiger partial charge in [0.1, 0.15) is 6.33 Å². The van der Waals surface area contributed by atoms with E-state index < -0.39 is 0 Å². The van der Waals surface area contributed by atoms with Crippen LogP contribution in [0.5, 0.6) is 0 Å². The molecule has 120 valence electrons. The van der Waals surface area contributed by atoms with E-state index in [0.717, 1.165) is 23.8 Å². The number of aromatic nitrogens is 4. The van der Waals surface area contributed by atoms with Gasteiger partial charge >= 0.3 is 0 Å². The summed E-state index contributed by atoms with van der Waals surface area (Å²) in [6.45, 7) is 8.14. The summed E-state index contributed by atoms with van der Waals surface area (Å²) in [6.07, 6.45) is 1.72. The summed E-state index contributed by atoms with van der Waals surface area (Å²) in [7, 11) is 1.72. The molecule has 0 aliphatic rings. The van der Waals surface area contributed by atoms with Crippen molar-refractivity contribution in [1.82, 2.24) is 30.6 Å². The number of rotatable bonds is 6. The van der Waals surface area contributed by atoms with E-state index in [0.29, 0.717) is 25.0 Å². The number of aliphatic imine (C=N–C) groups is 1. The van der Waals surface area contributed by atoms with Crippen molar-refractivity contribution in [2.75, 3.05) is 7.05 Å². The maximum absolute atomic E-state index is 5.29. The molecule has 0 atom stereocenters. The number of hydrogen-bond donors (Lipinski definition) is 2. The van der Waals surface area contributed by atoms with Gasteiger partial charge in [-0.25, -0.2) is 0 Å². The summed E-state index contributed by atoms with van der Waals surface area (Å²) in [5.74, 6) is 2.68. The predicted molar refractivity (Wildman–Crippen MR) is 83.3 cm³/mol. The molecular formula is C14H23N7O. The fraction of sp³-hybridized carbons (Fsp3) is 0.571. The van der Waals surface area contributed by atoms with Crippen molar-refractivity contribution in [3.05, 3.63) is 29.7 Å². The quantitative estimate of drug-likeness (QED) is 0.617. The summed E-state index contributed by atoms with van der Waals surface area (Å²) in [5.41, 5.74) is 0.954. The molecule has 0 saturated heterocycles. The summed E-state index contributed by atoms with van der Waals surface area (Å²) in [6, 6.07) is 1.96. The minimum absolute atomic E-state index is 0.357. The topological polar surface area (TPSA) is 93.2 Å². The zero-order chi connectivity index (χ0) is 15.9. The van der Waals surface area contributed by atoms with Gasteiger partial charge in [0.2, 0.25) is 0 Å². The lowest BCUT2D eigenvalue weighted by atomic mass is 10.1. The summed E-state index contributed by atoms with van der Waals surface area (Å²) in [5, 5.41) is 18.4. The van der Waals surface area contributed by atoms with Crippen LogP contribution in [0.4, 0.5) is 0 Å². The van der Waals surface area contributed by atoms with Crippen molar-refractivity contribution >= 4 is 5.96 Å². The van der Waals surface area contributed by atoms with E-state index in [9.17, 15) is 0 Å². The van der Waals surface area contributed by atoms with Crippen molar-refractivity contribution in [3.63, 3.8) is 0 Å². The Balaban J connectivity index is 1.84. The highest BCUT2D eigenvalue weighted by atomic mass is 16.5. The van der Waals surface area contributed by atoms with E-state index in [1.807, 2.05) is 10.6 Å². The molecule has 0 radical (unpaired) electrons. The van der Waals surface area contributed by atoms with Gasteiger partial charge in [0.15, 0.2) is 17.5 Å². The van der Waals surface area contributed by atoms with Gasteiger partial charge in [-0.05, 0) is 12.8 Å². The zero-order valence-corrected chi connectivity index (χ0v) is 13.5. The zero-order valence-electron chi connectivity index (χ0n) is 13.5. The van der Waals surface area contributed by atoms with E-state index in [1.54, 1.807) is 13.4 Å². The van der Waals surface area contributed by atoms with E-state index >= 15 is 0 Å². The first kappa shape index (κ1) is 16.0. The van der Waals surface area contributed by atoms with Crippen molar-refractivity contribution in [2.45, 2.75) is 46.3 Å². The van der Waals surface area contributed by atoms with Crippen LogP contribution in [0.1, 0.15) is 44.0 Å². The van der Waals surface area contributed by atoms with Crippen LogP contribution in [-0.4, -0.2) is 32.9 Å². The van der Waals surface area contributed by atoms with Gasteiger partial charge in [-0.1, -0.05) is 19.0 Å². The van der Waals surface area contributed by atoms with Gasteiger partial charge in [0, 0.05) is 19.7 Å². The highest BCUT2D eigenvalue weighted by Gasteiger charge is 2.09. The van der Waals surface area contributed by atoms with Crippen molar-refractivity contribution in [3.8, 4) is 0 Å². The average Bonchev–Trinajstić information content (AvgIpc) is 3.16. The first-order chi connectivity index (χ1) is 10.6. The molecule has 0 saturated carbocycles. The first-order valence-electron chi connectivity index (χ1n) is 7.40. The molecule has 2 aromatic rings. The van der Waals surface area contributed by atoms with Gasteiger partial charge in [-0.15, -0.1) is 10.2 Å². The van der Waals surface area contributed by atoms with Gasteiger partial charge in [-0.2, -0.15) is 0 Å².